The van der Waals surface area contributed by atoms with Crippen molar-refractivity contribution in [3.63, 3.8) is 0 Å². The number of hydrogen-bond donors (Lipinski definition) is 2. The molecular weight excluding hydrogens is 216 g/mol. The van der Waals surface area contributed by atoms with Gasteiger partial charge in [-0.25, -0.2) is 0 Å². The lowest BCUT2D eigenvalue weighted by Gasteiger charge is -2.29. The third-order valence-electron chi connectivity index (χ3n) is 3.67. The Morgan fingerprint density at radius 3 is 2.76 bits per heavy atom. The largest absolute Gasteiger partial charge is 0.382 e. The predicted molar refractivity (Wildman–Crippen MR) is 70.4 cm³/mol. The molecule has 0 aromatic rings. The molecule has 0 aromatic carbocycles. The lowest BCUT2D eigenvalue weighted by atomic mass is 9.82. The van der Waals surface area contributed by atoms with Gasteiger partial charge in [0.25, 0.3) is 0 Å². The smallest absolute Gasteiger partial charge is 0.0928 e. The summed E-state index contributed by atoms with van der Waals surface area (Å²) < 4.78 is 10.5. The predicted octanol–water partition coefficient (Wildman–Crippen LogP) is 1.02. The van der Waals surface area contributed by atoms with Crippen LogP contribution < -0.4 is 10.6 Å². The first-order valence-corrected chi connectivity index (χ1v) is 6.69. The normalized spacial score (nSPS) is 26.3. The third-order valence-corrected chi connectivity index (χ3v) is 3.67. The highest BCUT2D eigenvalue weighted by Gasteiger charge is 2.32. The van der Waals surface area contributed by atoms with Crippen molar-refractivity contribution in [3.05, 3.63) is 0 Å². The van der Waals surface area contributed by atoms with E-state index in [1.54, 1.807) is 14.2 Å². The fourth-order valence-electron chi connectivity index (χ4n) is 2.67. The van der Waals surface area contributed by atoms with Gasteiger partial charge in [0.1, 0.15) is 0 Å². The van der Waals surface area contributed by atoms with Crippen molar-refractivity contribution >= 4 is 0 Å². The summed E-state index contributed by atoms with van der Waals surface area (Å²) in [6.07, 6.45) is 4.01. The van der Waals surface area contributed by atoms with E-state index in [4.69, 9.17) is 9.47 Å². The van der Waals surface area contributed by atoms with Crippen LogP contribution in [0.1, 0.15) is 26.2 Å². The Labute approximate surface area is 105 Å². The van der Waals surface area contributed by atoms with Gasteiger partial charge in [0.2, 0.25) is 0 Å². The molecule has 1 saturated heterocycles. The summed E-state index contributed by atoms with van der Waals surface area (Å²) in [6.45, 7) is 7.18. The molecule has 1 heterocycles. The van der Waals surface area contributed by atoms with Crippen molar-refractivity contribution in [2.45, 2.75) is 32.3 Å². The molecule has 4 nitrogen and oxygen atoms in total. The van der Waals surface area contributed by atoms with E-state index in [1.807, 2.05) is 0 Å². The molecule has 2 N–H and O–H groups in total. The molecule has 0 spiro atoms. The number of rotatable bonds is 9. The first kappa shape index (κ1) is 14.9. The highest BCUT2D eigenvalue weighted by molar-refractivity contribution is 4.89. The van der Waals surface area contributed by atoms with Crippen LogP contribution in [0.25, 0.3) is 0 Å². The van der Waals surface area contributed by atoms with Crippen LogP contribution in [0.15, 0.2) is 0 Å². The Bertz CT molecular complexity index is 194. The van der Waals surface area contributed by atoms with Crippen LogP contribution in [0.5, 0.6) is 0 Å². The molecule has 1 aliphatic heterocycles. The fraction of sp³-hybridized carbons (Fsp3) is 1.00. The summed E-state index contributed by atoms with van der Waals surface area (Å²) >= 11 is 0. The average molecular weight is 244 g/mol. The van der Waals surface area contributed by atoms with Gasteiger partial charge < -0.3 is 20.1 Å². The molecular formula is C13H28N2O2. The first-order chi connectivity index (χ1) is 8.26. The van der Waals surface area contributed by atoms with Crippen molar-refractivity contribution in [2.75, 3.05) is 47.0 Å². The van der Waals surface area contributed by atoms with Crippen LogP contribution in [0.3, 0.4) is 0 Å². The zero-order chi connectivity index (χ0) is 12.6. The standard InChI is InChI=1S/C13H28N2O2/c1-4-5-13(6-7-14-10-13)11-15-8-12(17-3)9-16-2/h12,14-15H,4-11H2,1-3H3. The minimum atomic E-state index is 0.160. The van der Waals surface area contributed by atoms with Crippen molar-refractivity contribution in [2.24, 2.45) is 5.41 Å². The maximum absolute atomic E-state index is 5.35. The Hall–Kier alpha value is -0.160. The lowest BCUT2D eigenvalue weighted by Crippen LogP contribution is -2.40. The molecule has 0 aromatic heterocycles. The Balaban J connectivity index is 2.26. The van der Waals surface area contributed by atoms with Gasteiger partial charge >= 0.3 is 0 Å². The van der Waals surface area contributed by atoms with E-state index in [1.165, 1.54) is 19.3 Å². The van der Waals surface area contributed by atoms with E-state index < -0.39 is 0 Å². The number of nitrogens with one attached hydrogen (secondary N) is 2. The third kappa shape index (κ3) is 4.92. The van der Waals surface area contributed by atoms with Crippen molar-refractivity contribution in [1.29, 1.82) is 0 Å². The average Bonchev–Trinajstić information content (AvgIpc) is 2.77. The molecule has 1 aliphatic rings. The van der Waals surface area contributed by atoms with Crippen LogP contribution >= 0.6 is 0 Å². The molecule has 1 rings (SSSR count). The zero-order valence-electron chi connectivity index (χ0n) is 11.6. The van der Waals surface area contributed by atoms with Gasteiger partial charge in [-0.1, -0.05) is 13.3 Å². The van der Waals surface area contributed by atoms with Gasteiger partial charge in [0.15, 0.2) is 0 Å². The van der Waals surface area contributed by atoms with Crippen LogP contribution in [0, 0.1) is 5.41 Å². The molecule has 102 valence electrons. The maximum atomic E-state index is 5.35. The molecule has 0 bridgehead atoms. The van der Waals surface area contributed by atoms with Gasteiger partial charge in [-0.2, -0.15) is 0 Å². The fourth-order valence-corrected chi connectivity index (χ4v) is 2.67. The maximum Gasteiger partial charge on any atom is 0.0928 e. The number of hydrogen-bond acceptors (Lipinski definition) is 4. The summed E-state index contributed by atoms with van der Waals surface area (Å²) in [5, 5.41) is 7.02. The molecule has 0 amide bonds. The monoisotopic (exact) mass is 244 g/mol. The summed E-state index contributed by atoms with van der Waals surface area (Å²) in [6, 6.07) is 0. The lowest BCUT2D eigenvalue weighted by molar-refractivity contribution is 0.0273. The molecule has 1 fully saturated rings. The SMILES string of the molecule is CCCC1(CNCC(COC)OC)CCNC1. The minimum absolute atomic E-state index is 0.160. The van der Waals surface area contributed by atoms with Gasteiger partial charge in [-0.15, -0.1) is 0 Å². The van der Waals surface area contributed by atoms with E-state index in [2.05, 4.69) is 17.6 Å². The molecule has 0 saturated carbocycles. The topological polar surface area (TPSA) is 42.5 Å². The molecule has 2 atom stereocenters. The zero-order valence-corrected chi connectivity index (χ0v) is 11.6. The highest BCUT2D eigenvalue weighted by Crippen LogP contribution is 2.29. The Morgan fingerprint density at radius 1 is 1.41 bits per heavy atom. The molecule has 17 heavy (non-hydrogen) atoms. The van der Waals surface area contributed by atoms with Gasteiger partial charge in [-0.3, -0.25) is 0 Å². The van der Waals surface area contributed by atoms with Crippen LogP contribution in [0.2, 0.25) is 0 Å². The second-order valence-electron chi connectivity index (χ2n) is 5.12. The quantitative estimate of drug-likeness (QED) is 0.635. The second kappa shape index (κ2) is 8.03. The number of methoxy groups -OCH3 is 2. The van der Waals surface area contributed by atoms with E-state index >= 15 is 0 Å². The Morgan fingerprint density at radius 2 is 2.24 bits per heavy atom. The van der Waals surface area contributed by atoms with Crippen LogP contribution in [-0.2, 0) is 9.47 Å². The van der Waals surface area contributed by atoms with Gasteiger partial charge in [0.05, 0.1) is 12.7 Å². The minimum Gasteiger partial charge on any atom is -0.382 e. The first-order valence-electron chi connectivity index (χ1n) is 6.69. The van der Waals surface area contributed by atoms with E-state index in [-0.39, 0.29) is 6.10 Å². The van der Waals surface area contributed by atoms with E-state index in [0.29, 0.717) is 12.0 Å². The highest BCUT2D eigenvalue weighted by atomic mass is 16.5. The van der Waals surface area contributed by atoms with Crippen molar-refractivity contribution in [3.8, 4) is 0 Å². The van der Waals surface area contributed by atoms with Crippen LogP contribution in [0.4, 0.5) is 0 Å². The number of ether oxygens (including phenoxy) is 2. The summed E-state index contributed by atoms with van der Waals surface area (Å²) in [4.78, 5) is 0. The van der Waals surface area contributed by atoms with E-state index in [0.717, 1.165) is 26.2 Å². The molecule has 0 radical (unpaired) electrons. The van der Waals surface area contributed by atoms with Crippen molar-refractivity contribution < 1.29 is 9.47 Å². The van der Waals surface area contributed by atoms with Gasteiger partial charge in [-0.05, 0) is 24.8 Å². The summed E-state index contributed by atoms with van der Waals surface area (Å²) in [5.74, 6) is 0. The molecule has 2 unspecified atom stereocenters. The molecule has 4 heteroatoms. The second-order valence-corrected chi connectivity index (χ2v) is 5.12. The van der Waals surface area contributed by atoms with Crippen molar-refractivity contribution in [1.82, 2.24) is 10.6 Å². The van der Waals surface area contributed by atoms with Gasteiger partial charge in [0, 0.05) is 33.9 Å². The summed E-state index contributed by atoms with van der Waals surface area (Å²) in [5.41, 5.74) is 0.458. The summed E-state index contributed by atoms with van der Waals surface area (Å²) in [7, 11) is 3.45. The van der Waals surface area contributed by atoms with Crippen LogP contribution in [-0.4, -0.2) is 53.1 Å². The Kier molecular flexibility index (Phi) is 7.04. The van der Waals surface area contributed by atoms with E-state index in [9.17, 15) is 0 Å². The molecule has 0 aliphatic carbocycles.